The molecule has 0 radical (unpaired) electrons. The highest BCUT2D eigenvalue weighted by molar-refractivity contribution is 7.11. The van der Waals surface area contributed by atoms with E-state index in [1.807, 2.05) is 0 Å². The first-order valence-corrected chi connectivity index (χ1v) is 7.11. The molecule has 1 aromatic carbocycles. The van der Waals surface area contributed by atoms with Crippen LogP contribution >= 0.6 is 11.3 Å². The van der Waals surface area contributed by atoms with Crippen molar-refractivity contribution in [3.63, 3.8) is 0 Å². The first kappa shape index (κ1) is 13.2. The van der Waals surface area contributed by atoms with Crippen molar-refractivity contribution >= 4 is 11.3 Å². The van der Waals surface area contributed by atoms with Crippen molar-refractivity contribution < 1.29 is 0 Å². The van der Waals surface area contributed by atoms with E-state index >= 15 is 0 Å². The second kappa shape index (κ2) is 5.63. The van der Waals surface area contributed by atoms with Gasteiger partial charge in [-0.1, -0.05) is 24.3 Å². The highest BCUT2D eigenvalue weighted by Crippen LogP contribution is 2.19. The molecule has 3 heteroatoms. The summed E-state index contributed by atoms with van der Waals surface area (Å²) in [5.74, 6) is 0. The highest BCUT2D eigenvalue weighted by Gasteiger charge is 2.09. The SMILES string of the molecule is Cc1ccccc1[C@H](C)NCc1nc(C)c(C)s1. The number of nitrogens with zero attached hydrogens (tertiary/aromatic N) is 1. The van der Waals surface area contributed by atoms with Crippen LogP contribution < -0.4 is 5.32 Å². The van der Waals surface area contributed by atoms with Crippen molar-refractivity contribution in [3.05, 3.63) is 51.0 Å². The zero-order valence-electron chi connectivity index (χ0n) is 11.4. The van der Waals surface area contributed by atoms with Gasteiger partial charge in [0.05, 0.1) is 5.69 Å². The average Bonchev–Trinajstić information content (AvgIpc) is 2.66. The Balaban J connectivity index is 2.00. The molecule has 0 bridgehead atoms. The monoisotopic (exact) mass is 260 g/mol. The number of hydrogen-bond acceptors (Lipinski definition) is 3. The summed E-state index contributed by atoms with van der Waals surface area (Å²) in [5.41, 5.74) is 3.85. The molecule has 0 spiro atoms. The Bertz CT molecular complexity index is 512. The Morgan fingerprint density at radius 3 is 2.56 bits per heavy atom. The van der Waals surface area contributed by atoms with E-state index in [4.69, 9.17) is 0 Å². The lowest BCUT2D eigenvalue weighted by Gasteiger charge is -2.15. The standard InChI is InChI=1S/C15H20N2S/c1-10-7-5-6-8-14(10)12(3)16-9-15-17-11(2)13(4)18-15/h5-8,12,16H,9H2,1-4H3/t12-/m0/s1. The topological polar surface area (TPSA) is 24.9 Å². The molecule has 1 N–H and O–H groups in total. The number of aromatic nitrogens is 1. The summed E-state index contributed by atoms with van der Waals surface area (Å²) >= 11 is 1.78. The molecule has 0 aliphatic rings. The molecule has 2 nitrogen and oxygen atoms in total. The van der Waals surface area contributed by atoms with Crippen molar-refractivity contribution in [3.8, 4) is 0 Å². The Morgan fingerprint density at radius 1 is 1.22 bits per heavy atom. The number of thiazole rings is 1. The van der Waals surface area contributed by atoms with Gasteiger partial charge in [-0.15, -0.1) is 11.3 Å². The molecule has 18 heavy (non-hydrogen) atoms. The molecule has 1 atom stereocenters. The van der Waals surface area contributed by atoms with Crippen LogP contribution in [0.25, 0.3) is 0 Å². The quantitative estimate of drug-likeness (QED) is 0.901. The fraction of sp³-hybridized carbons (Fsp3) is 0.400. The highest BCUT2D eigenvalue weighted by atomic mass is 32.1. The second-order valence-electron chi connectivity index (χ2n) is 4.71. The van der Waals surface area contributed by atoms with Gasteiger partial charge in [-0.3, -0.25) is 0 Å². The minimum Gasteiger partial charge on any atom is -0.304 e. The van der Waals surface area contributed by atoms with Gasteiger partial charge in [-0.2, -0.15) is 0 Å². The third kappa shape index (κ3) is 2.98. The maximum absolute atomic E-state index is 4.55. The number of nitrogens with one attached hydrogen (secondary N) is 1. The van der Waals surface area contributed by atoms with Crippen LogP contribution in [0.1, 0.15) is 39.7 Å². The normalized spacial score (nSPS) is 12.7. The molecule has 0 fully saturated rings. The third-order valence-electron chi connectivity index (χ3n) is 3.29. The predicted octanol–water partition coefficient (Wildman–Crippen LogP) is 3.92. The van der Waals surface area contributed by atoms with Crippen LogP contribution in [0.5, 0.6) is 0 Å². The van der Waals surface area contributed by atoms with E-state index in [0.717, 1.165) is 12.2 Å². The zero-order chi connectivity index (χ0) is 13.1. The molecule has 0 aliphatic heterocycles. The minimum atomic E-state index is 0.357. The molecule has 1 heterocycles. The van der Waals surface area contributed by atoms with Crippen molar-refractivity contribution in [2.45, 2.75) is 40.3 Å². The van der Waals surface area contributed by atoms with Gasteiger partial charge in [-0.05, 0) is 38.8 Å². The maximum atomic E-state index is 4.55. The van der Waals surface area contributed by atoms with Gasteiger partial charge in [0.2, 0.25) is 0 Å². The molecule has 0 aliphatic carbocycles. The number of benzene rings is 1. The fourth-order valence-corrected chi connectivity index (χ4v) is 2.92. The minimum absolute atomic E-state index is 0.357. The van der Waals surface area contributed by atoms with Crippen molar-refractivity contribution in [1.82, 2.24) is 10.3 Å². The lowest BCUT2D eigenvalue weighted by atomic mass is 10.0. The lowest BCUT2D eigenvalue weighted by Crippen LogP contribution is -2.18. The van der Waals surface area contributed by atoms with Crippen molar-refractivity contribution in [2.24, 2.45) is 0 Å². The van der Waals surface area contributed by atoms with Gasteiger partial charge in [0.15, 0.2) is 0 Å². The van der Waals surface area contributed by atoms with Crippen LogP contribution in [0.3, 0.4) is 0 Å². The van der Waals surface area contributed by atoms with E-state index in [-0.39, 0.29) is 0 Å². The van der Waals surface area contributed by atoms with E-state index < -0.39 is 0 Å². The van der Waals surface area contributed by atoms with Crippen LogP contribution in [0.2, 0.25) is 0 Å². The van der Waals surface area contributed by atoms with Crippen molar-refractivity contribution in [2.75, 3.05) is 0 Å². The Hall–Kier alpha value is -1.19. The first-order valence-electron chi connectivity index (χ1n) is 6.29. The van der Waals surface area contributed by atoms with Gasteiger partial charge in [0.1, 0.15) is 5.01 Å². The van der Waals surface area contributed by atoms with E-state index in [1.54, 1.807) is 11.3 Å². The summed E-state index contributed by atoms with van der Waals surface area (Å²) < 4.78 is 0. The summed E-state index contributed by atoms with van der Waals surface area (Å²) in [6, 6.07) is 8.88. The fourth-order valence-electron chi connectivity index (χ4n) is 2.04. The second-order valence-corrected chi connectivity index (χ2v) is 6.00. The van der Waals surface area contributed by atoms with Gasteiger partial charge in [0.25, 0.3) is 0 Å². The number of aryl methyl sites for hydroxylation is 3. The molecule has 0 amide bonds. The molecule has 2 aromatic rings. The Labute approximate surface area is 113 Å². The predicted molar refractivity (Wildman–Crippen MR) is 78.0 cm³/mol. The largest absolute Gasteiger partial charge is 0.304 e. The summed E-state index contributed by atoms with van der Waals surface area (Å²) in [6.07, 6.45) is 0. The third-order valence-corrected chi connectivity index (χ3v) is 4.36. The van der Waals surface area contributed by atoms with Crippen LogP contribution in [0, 0.1) is 20.8 Å². The Morgan fingerprint density at radius 2 is 1.94 bits per heavy atom. The van der Waals surface area contributed by atoms with E-state index in [2.05, 4.69) is 62.3 Å². The molecule has 0 saturated carbocycles. The van der Waals surface area contributed by atoms with E-state index in [9.17, 15) is 0 Å². The number of hydrogen-bond donors (Lipinski definition) is 1. The molecule has 96 valence electrons. The van der Waals surface area contributed by atoms with Crippen LogP contribution in [0.15, 0.2) is 24.3 Å². The zero-order valence-corrected chi connectivity index (χ0v) is 12.3. The van der Waals surface area contributed by atoms with Gasteiger partial charge in [0, 0.05) is 17.5 Å². The molecule has 1 aromatic heterocycles. The van der Waals surface area contributed by atoms with Crippen LogP contribution in [-0.2, 0) is 6.54 Å². The first-order chi connectivity index (χ1) is 8.58. The molecular weight excluding hydrogens is 240 g/mol. The summed E-state index contributed by atoms with van der Waals surface area (Å²) in [5, 5.41) is 4.72. The van der Waals surface area contributed by atoms with Crippen molar-refractivity contribution in [1.29, 1.82) is 0 Å². The Kier molecular flexibility index (Phi) is 4.15. The number of rotatable bonds is 4. The average molecular weight is 260 g/mol. The molecule has 0 unspecified atom stereocenters. The van der Waals surface area contributed by atoms with Gasteiger partial charge < -0.3 is 5.32 Å². The van der Waals surface area contributed by atoms with Crippen LogP contribution in [0.4, 0.5) is 0 Å². The summed E-state index contributed by atoms with van der Waals surface area (Å²) in [7, 11) is 0. The molecular formula is C15H20N2S. The summed E-state index contributed by atoms with van der Waals surface area (Å²) in [6.45, 7) is 9.40. The van der Waals surface area contributed by atoms with E-state index in [1.165, 1.54) is 21.0 Å². The molecule has 0 saturated heterocycles. The maximum Gasteiger partial charge on any atom is 0.107 e. The van der Waals surface area contributed by atoms with Gasteiger partial charge in [-0.25, -0.2) is 4.98 Å². The van der Waals surface area contributed by atoms with Gasteiger partial charge >= 0.3 is 0 Å². The molecule has 2 rings (SSSR count). The smallest absolute Gasteiger partial charge is 0.107 e. The lowest BCUT2D eigenvalue weighted by molar-refractivity contribution is 0.570. The van der Waals surface area contributed by atoms with E-state index in [0.29, 0.717) is 6.04 Å². The van der Waals surface area contributed by atoms with Crippen LogP contribution in [-0.4, -0.2) is 4.98 Å². The summed E-state index contributed by atoms with van der Waals surface area (Å²) in [4.78, 5) is 5.87.